The van der Waals surface area contributed by atoms with Crippen molar-refractivity contribution < 1.29 is 27.9 Å². The van der Waals surface area contributed by atoms with E-state index in [1.165, 1.54) is 12.1 Å². The van der Waals surface area contributed by atoms with Crippen LogP contribution in [0.2, 0.25) is 0 Å². The number of carbonyl (C=O) groups is 2. The summed E-state index contributed by atoms with van der Waals surface area (Å²) >= 11 is 0. The Morgan fingerprint density at radius 3 is 2.36 bits per heavy atom. The number of sulfonamides is 1. The number of benzene rings is 2. The lowest BCUT2D eigenvalue weighted by molar-refractivity contribution is -0.135. The van der Waals surface area contributed by atoms with Gasteiger partial charge in [0.05, 0.1) is 4.90 Å². The Hall–Kier alpha value is -3.17. The molecule has 0 aliphatic rings. The molecule has 1 amide bonds. The SMILES string of the molecule is O=C(O)CNS(=O)(=O)c1ccc(C=CCNC(=O)OCc2ccccc2)cc1. The molecule has 9 heteroatoms. The number of carboxylic acids is 1. The van der Waals surface area contributed by atoms with Crippen LogP contribution in [-0.4, -0.2) is 38.7 Å². The van der Waals surface area contributed by atoms with E-state index in [4.69, 9.17) is 9.84 Å². The molecule has 0 heterocycles. The molecule has 0 saturated heterocycles. The highest BCUT2D eigenvalue weighted by molar-refractivity contribution is 7.89. The molecule has 0 aromatic heterocycles. The first kappa shape index (κ1) is 21.1. The van der Waals surface area contributed by atoms with Gasteiger partial charge in [-0.15, -0.1) is 0 Å². The van der Waals surface area contributed by atoms with Gasteiger partial charge in [0, 0.05) is 6.54 Å². The van der Waals surface area contributed by atoms with Crippen LogP contribution >= 0.6 is 0 Å². The Labute approximate surface area is 162 Å². The molecule has 2 aromatic carbocycles. The Morgan fingerprint density at radius 2 is 1.71 bits per heavy atom. The summed E-state index contributed by atoms with van der Waals surface area (Å²) in [5, 5.41) is 11.1. The van der Waals surface area contributed by atoms with Crippen LogP contribution in [0, 0.1) is 0 Å². The summed E-state index contributed by atoms with van der Waals surface area (Å²) < 4.78 is 30.8. The minimum Gasteiger partial charge on any atom is -0.480 e. The fraction of sp³-hybridized carbons (Fsp3) is 0.158. The average Bonchev–Trinajstić information content (AvgIpc) is 2.69. The number of aliphatic carboxylic acids is 1. The molecule has 0 aliphatic carbocycles. The Bertz CT molecular complexity index is 925. The fourth-order valence-corrected chi connectivity index (χ4v) is 3.08. The van der Waals surface area contributed by atoms with Gasteiger partial charge in [0.15, 0.2) is 0 Å². The molecule has 8 nitrogen and oxygen atoms in total. The molecule has 28 heavy (non-hydrogen) atoms. The summed E-state index contributed by atoms with van der Waals surface area (Å²) in [6.07, 6.45) is 2.86. The number of amides is 1. The van der Waals surface area contributed by atoms with Gasteiger partial charge < -0.3 is 15.2 Å². The monoisotopic (exact) mass is 404 g/mol. The zero-order valence-electron chi connectivity index (χ0n) is 14.9. The topological polar surface area (TPSA) is 122 Å². The Balaban J connectivity index is 1.78. The molecule has 0 bridgehead atoms. The largest absolute Gasteiger partial charge is 0.480 e. The summed E-state index contributed by atoms with van der Waals surface area (Å²) in [6, 6.07) is 15.2. The quantitative estimate of drug-likeness (QED) is 0.588. The molecule has 0 fully saturated rings. The lowest BCUT2D eigenvalue weighted by atomic mass is 10.2. The maximum atomic E-state index is 11.9. The van der Waals surface area contributed by atoms with Gasteiger partial charge in [0.2, 0.25) is 10.0 Å². The summed E-state index contributed by atoms with van der Waals surface area (Å²) in [6.45, 7) is -0.258. The first-order valence-corrected chi connectivity index (χ1v) is 9.78. The zero-order valence-corrected chi connectivity index (χ0v) is 15.7. The molecule has 0 spiro atoms. The number of carboxylic acid groups (broad SMARTS) is 1. The molecule has 0 radical (unpaired) electrons. The van der Waals surface area contributed by atoms with Crippen molar-refractivity contribution in [1.29, 1.82) is 0 Å². The minimum atomic E-state index is -3.87. The highest BCUT2D eigenvalue weighted by Crippen LogP contribution is 2.11. The maximum Gasteiger partial charge on any atom is 0.407 e. The van der Waals surface area contributed by atoms with Gasteiger partial charge in [-0.25, -0.2) is 13.2 Å². The van der Waals surface area contributed by atoms with Crippen LogP contribution < -0.4 is 10.0 Å². The van der Waals surface area contributed by atoms with E-state index in [9.17, 15) is 18.0 Å². The number of hydrogen-bond donors (Lipinski definition) is 3. The van der Waals surface area contributed by atoms with Crippen molar-refractivity contribution in [3.05, 3.63) is 71.8 Å². The average molecular weight is 404 g/mol. The van der Waals surface area contributed by atoms with Gasteiger partial charge in [-0.2, -0.15) is 4.72 Å². The van der Waals surface area contributed by atoms with Crippen molar-refractivity contribution in [2.75, 3.05) is 13.1 Å². The van der Waals surface area contributed by atoms with Gasteiger partial charge in [0.1, 0.15) is 13.2 Å². The van der Waals surface area contributed by atoms with Gasteiger partial charge in [0.25, 0.3) is 0 Å². The summed E-state index contributed by atoms with van der Waals surface area (Å²) in [7, 11) is -3.87. The third-order valence-electron chi connectivity index (χ3n) is 3.49. The summed E-state index contributed by atoms with van der Waals surface area (Å²) in [5.74, 6) is -1.27. The highest BCUT2D eigenvalue weighted by atomic mass is 32.2. The predicted octanol–water partition coefficient (Wildman–Crippen LogP) is 1.99. The number of carbonyl (C=O) groups excluding carboxylic acids is 1. The van der Waals surface area contributed by atoms with Crippen molar-refractivity contribution in [2.45, 2.75) is 11.5 Å². The van der Waals surface area contributed by atoms with Crippen LogP contribution in [0.25, 0.3) is 6.08 Å². The van der Waals surface area contributed by atoms with Gasteiger partial charge in [-0.1, -0.05) is 54.6 Å². The number of rotatable bonds is 9. The summed E-state index contributed by atoms with van der Waals surface area (Å²) in [4.78, 5) is 22.0. The Morgan fingerprint density at radius 1 is 1.04 bits per heavy atom. The normalized spacial score (nSPS) is 11.3. The van der Waals surface area contributed by atoms with Crippen LogP contribution in [0.5, 0.6) is 0 Å². The van der Waals surface area contributed by atoms with E-state index in [1.807, 2.05) is 35.1 Å². The number of nitrogens with one attached hydrogen (secondary N) is 2. The van der Waals surface area contributed by atoms with Crippen molar-refractivity contribution >= 4 is 28.2 Å². The second-order valence-electron chi connectivity index (χ2n) is 5.63. The van der Waals surface area contributed by atoms with Crippen LogP contribution in [0.4, 0.5) is 4.79 Å². The summed E-state index contributed by atoms with van der Waals surface area (Å²) in [5.41, 5.74) is 1.61. The lowest BCUT2D eigenvalue weighted by Gasteiger charge is -2.05. The second-order valence-corrected chi connectivity index (χ2v) is 7.40. The molecule has 0 saturated carbocycles. The van der Waals surface area contributed by atoms with Gasteiger partial charge >= 0.3 is 12.1 Å². The Kier molecular flexibility index (Phi) is 7.73. The number of ether oxygens (including phenoxy) is 1. The van der Waals surface area contributed by atoms with E-state index < -0.39 is 28.6 Å². The molecule has 2 rings (SSSR count). The third-order valence-corrected chi connectivity index (χ3v) is 4.91. The van der Waals surface area contributed by atoms with Crippen molar-refractivity contribution in [1.82, 2.24) is 10.0 Å². The van der Waals surface area contributed by atoms with Crippen LogP contribution in [-0.2, 0) is 26.2 Å². The first-order valence-electron chi connectivity index (χ1n) is 8.29. The second kappa shape index (κ2) is 10.2. The van der Waals surface area contributed by atoms with E-state index in [-0.39, 0.29) is 18.0 Å². The lowest BCUT2D eigenvalue weighted by Crippen LogP contribution is -2.29. The number of alkyl carbamates (subject to hydrolysis) is 1. The van der Waals surface area contributed by atoms with Crippen molar-refractivity contribution in [2.24, 2.45) is 0 Å². The molecule has 0 atom stereocenters. The van der Waals surface area contributed by atoms with E-state index in [0.717, 1.165) is 11.1 Å². The fourth-order valence-electron chi connectivity index (χ4n) is 2.11. The third kappa shape index (κ3) is 7.22. The standard InChI is InChI=1S/C19H20N2O6S/c22-18(23)13-21-28(25,26)17-10-8-15(9-11-17)7-4-12-20-19(24)27-14-16-5-2-1-3-6-16/h1-11,21H,12-14H2,(H,20,24)(H,22,23). The highest BCUT2D eigenvalue weighted by Gasteiger charge is 2.14. The van der Waals surface area contributed by atoms with E-state index in [1.54, 1.807) is 24.3 Å². The molecule has 3 N–H and O–H groups in total. The molecule has 2 aromatic rings. The van der Waals surface area contributed by atoms with E-state index in [0.29, 0.717) is 0 Å². The van der Waals surface area contributed by atoms with Crippen LogP contribution in [0.3, 0.4) is 0 Å². The minimum absolute atomic E-state index is 0.0338. The molecule has 148 valence electrons. The molecule has 0 unspecified atom stereocenters. The molecular weight excluding hydrogens is 384 g/mol. The number of hydrogen-bond acceptors (Lipinski definition) is 5. The smallest absolute Gasteiger partial charge is 0.407 e. The van der Waals surface area contributed by atoms with Gasteiger partial charge in [-0.3, -0.25) is 4.79 Å². The van der Waals surface area contributed by atoms with Crippen molar-refractivity contribution in [3.8, 4) is 0 Å². The van der Waals surface area contributed by atoms with E-state index in [2.05, 4.69) is 5.32 Å². The molecule has 0 aliphatic heterocycles. The van der Waals surface area contributed by atoms with Crippen LogP contribution in [0.1, 0.15) is 11.1 Å². The maximum absolute atomic E-state index is 11.9. The van der Waals surface area contributed by atoms with Gasteiger partial charge in [-0.05, 0) is 23.3 Å². The predicted molar refractivity (Wildman–Crippen MR) is 103 cm³/mol. The van der Waals surface area contributed by atoms with Crippen LogP contribution in [0.15, 0.2) is 65.6 Å². The molecular formula is C19H20N2O6S. The zero-order chi connectivity index (χ0) is 20.4. The first-order chi connectivity index (χ1) is 13.4. The van der Waals surface area contributed by atoms with E-state index >= 15 is 0 Å². The van der Waals surface area contributed by atoms with Crippen molar-refractivity contribution in [3.63, 3.8) is 0 Å².